The summed E-state index contributed by atoms with van der Waals surface area (Å²) in [5, 5.41) is 4.94. The zero-order chi connectivity index (χ0) is 22.1. The average Bonchev–Trinajstić information content (AvgIpc) is 2.71. The van der Waals surface area contributed by atoms with Crippen molar-refractivity contribution in [2.45, 2.75) is 26.6 Å². The monoisotopic (exact) mass is 424 g/mol. The molecule has 2 N–H and O–H groups in total. The van der Waals surface area contributed by atoms with Crippen molar-refractivity contribution in [1.82, 2.24) is 10.6 Å². The molecule has 2 rings (SSSR count). The van der Waals surface area contributed by atoms with Crippen LogP contribution in [-0.4, -0.2) is 31.6 Å². The van der Waals surface area contributed by atoms with Crippen LogP contribution < -0.4 is 20.1 Å². The third-order valence-corrected chi connectivity index (χ3v) is 3.96. The van der Waals surface area contributed by atoms with E-state index >= 15 is 0 Å². The molecule has 0 atom stereocenters. The van der Waals surface area contributed by atoms with Gasteiger partial charge in [-0.15, -0.1) is 0 Å². The predicted molar refractivity (Wildman–Crippen MR) is 104 cm³/mol. The predicted octanol–water partition coefficient (Wildman–Crippen LogP) is 3.55. The molecule has 30 heavy (non-hydrogen) atoms. The van der Waals surface area contributed by atoms with Gasteiger partial charge in [0.05, 0.1) is 25.3 Å². The van der Waals surface area contributed by atoms with E-state index in [1.165, 1.54) is 18.2 Å². The molecule has 0 unspecified atom stereocenters. The Balaban J connectivity index is 1.90. The Morgan fingerprint density at radius 2 is 1.63 bits per heavy atom. The number of rotatable bonds is 9. The number of hydrogen-bond acceptors (Lipinski definition) is 4. The Kier molecular flexibility index (Phi) is 8.08. The second-order valence-electron chi connectivity index (χ2n) is 6.19. The number of amides is 2. The molecule has 162 valence electrons. The van der Waals surface area contributed by atoms with E-state index in [0.29, 0.717) is 30.3 Å². The molecule has 0 saturated heterocycles. The highest BCUT2D eigenvalue weighted by Gasteiger charge is 2.30. The Bertz CT molecular complexity index is 885. The molecular weight excluding hydrogens is 401 g/mol. The van der Waals surface area contributed by atoms with Crippen LogP contribution in [0.1, 0.15) is 35.3 Å². The summed E-state index contributed by atoms with van der Waals surface area (Å²) in [4.78, 5) is 24.2. The fourth-order valence-corrected chi connectivity index (χ4v) is 2.58. The van der Waals surface area contributed by atoms with Gasteiger partial charge in [-0.25, -0.2) is 0 Å². The van der Waals surface area contributed by atoms with Crippen molar-refractivity contribution in [3.8, 4) is 11.5 Å². The lowest BCUT2D eigenvalue weighted by molar-refractivity contribution is -0.137. The van der Waals surface area contributed by atoms with Gasteiger partial charge < -0.3 is 20.1 Å². The van der Waals surface area contributed by atoms with Gasteiger partial charge >= 0.3 is 6.18 Å². The molecule has 9 heteroatoms. The van der Waals surface area contributed by atoms with E-state index in [2.05, 4.69) is 10.6 Å². The van der Waals surface area contributed by atoms with E-state index in [1.54, 1.807) is 19.1 Å². The summed E-state index contributed by atoms with van der Waals surface area (Å²) >= 11 is 0. The molecule has 0 aromatic heterocycles. The van der Waals surface area contributed by atoms with Crippen LogP contribution in [0.4, 0.5) is 13.2 Å². The minimum Gasteiger partial charge on any atom is -0.490 e. The molecule has 2 aromatic carbocycles. The van der Waals surface area contributed by atoms with Crippen LogP contribution in [0, 0.1) is 0 Å². The van der Waals surface area contributed by atoms with Crippen LogP contribution in [0.25, 0.3) is 0 Å². The van der Waals surface area contributed by atoms with Crippen molar-refractivity contribution in [1.29, 1.82) is 0 Å². The van der Waals surface area contributed by atoms with Gasteiger partial charge in [-0.2, -0.15) is 13.2 Å². The lowest BCUT2D eigenvalue weighted by Gasteiger charge is -2.13. The van der Waals surface area contributed by atoms with Crippen LogP contribution in [0.3, 0.4) is 0 Å². The fourth-order valence-electron chi connectivity index (χ4n) is 2.58. The van der Waals surface area contributed by atoms with Crippen LogP contribution in [-0.2, 0) is 17.5 Å². The molecular formula is C21H23F3N2O4. The first-order valence-corrected chi connectivity index (χ1v) is 9.35. The van der Waals surface area contributed by atoms with E-state index in [1.807, 2.05) is 6.92 Å². The van der Waals surface area contributed by atoms with Gasteiger partial charge in [0.25, 0.3) is 5.91 Å². The Labute approximate surface area is 172 Å². The topological polar surface area (TPSA) is 76.7 Å². The highest BCUT2D eigenvalue weighted by Crippen LogP contribution is 2.30. The number of ether oxygens (including phenoxy) is 2. The third-order valence-electron chi connectivity index (χ3n) is 3.96. The minimum atomic E-state index is -4.45. The maximum atomic E-state index is 12.7. The van der Waals surface area contributed by atoms with Gasteiger partial charge in [-0.05, 0) is 49.7 Å². The molecule has 0 bridgehead atoms. The first-order chi connectivity index (χ1) is 14.2. The van der Waals surface area contributed by atoms with E-state index in [0.717, 1.165) is 12.1 Å². The molecule has 0 aliphatic carbocycles. The third kappa shape index (κ3) is 6.68. The van der Waals surface area contributed by atoms with E-state index in [9.17, 15) is 22.8 Å². The number of hydrogen-bond donors (Lipinski definition) is 2. The Morgan fingerprint density at radius 1 is 0.933 bits per heavy atom. The summed E-state index contributed by atoms with van der Waals surface area (Å²) < 4.78 is 49.1. The summed E-state index contributed by atoms with van der Waals surface area (Å²) in [5.74, 6) is -0.0966. The molecule has 0 fully saturated rings. The maximum absolute atomic E-state index is 12.7. The van der Waals surface area contributed by atoms with Crippen molar-refractivity contribution in [2.75, 3.05) is 19.8 Å². The summed E-state index contributed by atoms with van der Waals surface area (Å²) in [5.41, 5.74) is -0.201. The average molecular weight is 424 g/mol. The van der Waals surface area contributed by atoms with Crippen molar-refractivity contribution in [3.05, 3.63) is 59.2 Å². The molecule has 0 heterocycles. The molecule has 2 amide bonds. The molecule has 0 saturated carbocycles. The fraction of sp³-hybridized carbons (Fsp3) is 0.333. The van der Waals surface area contributed by atoms with Gasteiger partial charge in [0, 0.05) is 12.1 Å². The molecule has 0 aliphatic heterocycles. The van der Waals surface area contributed by atoms with Crippen LogP contribution in [0.15, 0.2) is 42.5 Å². The van der Waals surface area contributed by atoms with E-state index in [-0.39, 0.29) is 18.7 Å². The number of halogens is 3. The minimum absolute atomic E-state index is 0.0871. The zero-order valence-electron chi connectivity index (χ0n) is 16.6. The van der Waals surface area contributed by atoms with Crippen LogP contribution in [0.2, 0.25) is 0 Å². The number of benzene rings is 2. The quantitative estimate of drug-likeness (QED) is 0.646. The van der Waals surface area contributed by atoms with Crippen molar-refractivity contribution in [3.63, 3.8) is 0 Å². The Hall–Kier alpha value is -3.23. The highest BCUT2D eigenvalue weighted by molar-refractivity contribution is 5.97. The smallest absolute Gasteiger partial charge is 0.416 e. The Morgan fingerprint density at radius 3 is 2.30 bits per heavy atom. The SMILES string of the molecule is CCOc1ccc(C(=O)NCC(=O)NCc2cccc(C(F)(F)F)c2)cc1OCC. The van der Waals surface area contributed by atoms with Crippen molar-refractivity contribution < 1.29 is 32.2 Å². The second kappa shape index (κ2) is 10.5. The van der Waals surface area contributed by atoms with Gasteiger partial charge in [-0.3, -0.25) is 9.59 Å². The molecule has 2 aromatic rings. The van der Waals surface area contributed by atoms with Crippen LogP contribution >= 0.6 is 0 Å². The second-order valence-corrected chi connectivity index (χ2v) is 6.19. The molecule has 0 aliphatic rings. The standard InChI is InChI=1S/C21H23F3N2O4/c1-3-29-17-9-8-15(11-18(17)30-4-2)20(28)26-13-19(27)25-12-14-6-5-7-16(10-14)21(22,23)24/h5-11H,3-4,12-13H2,1-2H3,(H,25,27)(H,26,28). The summed E-state index contributed by atoms with van der Waals surface area (Å²) in [6.45, 7) is 4.05. The van der Waals surface area contributed by atoms with Gasteiger partial charge in [0.15, 0.2) is 11.5 Å². The molecule has 0 radical (unpaired) electrons. The number of carbonyl (C=O) groups excluding carboxylic acids is 2. The van der Waals surface area contributed by atoms with Gasteiger partial charge in [0.2, 0.25) is 5.91 Å². The largest absolute Gasteiger partial charge is 0.490 e. The van der Waals surface area contributed by atoms with Gasteiger partial charge in [0.1, 0.15) is 0 Å². The summed E-state index contributed by atoms with van der Waals surface area (Å²) in [6.07, 6.45) is -4.45. The lowest BCUT2D eigenvalue weighted by atomic mass is 10.1. The maximum Gasteiger partial charge on any atom is 0.416 e. The van der Waals surface area contributed by atoms with Gasteiger partial charge in [-0.1, -0.05) is 12.1 Å². The summed E-state index contributed by atoms with van der Waals surface area (Å²) in [7, 11) is 0. The summed E-state index contributed by atoms with van der Waals surface area (Å²) in [6, 6.07) is 9.34. The van der Waals surface area contributed by atoms with E-state index in [4.69, 9.17) is 9.47 Å². The van der Waals surface area contributed by atoms with Crippen LogP contribution in [0.5, 0.6) is 11.5 Å². The van der Waals surface area contributed by atoms with Crippen molar-refractivity contribution >= 4 is 11.8 Å². The first-order valence-electron chi connectivity index (χ1n) is 9.35. The molecule has 6 nitrogen and oxygen atoms in total. The normalized spacial score (nSPS) is 11.0. The highest BCUT2D eigenvalue weighted by atomic mass is 19.4. The number of carbonyl (C=O) groups is 2. The number of alkyl halides is 3. The zero-order valence-corrected chi connectivity index (χ0v) is 16.6. The molecule has 0 spiro atoms. The van der Waals surface area contributed by atoms with Crippen molar-refractivity contribution in [2.24, 2.45) is 0 Å². The number of nitrogens with one attached hydrogen (secondary N) is 2. The lowest BCUT2D eigenvalue weighted by Crippen LogP contribution is -2.36. The first kappa shape index (κ1) is 23.1. The van der Waals surface area contributed by atoms with E-state index < -0.39 is 23.6 Å².